The van der Waals surface area contributed by atoms with Crippen LogP contribution in [0.15, 0.2) is 22.7 Å². The second-order valence-corrected chi connectivity index (χ2v) is 6.40. The number of halogens is 6. The molecule has 0 saturated carbocycles. The Morgan fingerprint density at radius 3 is 2.35 bits per heavy atom. The molecule has 0 aromatic heterocycles. The van der Waals surface area contributed by atoms with E-state index in [1.807, 2.05) is 0 Å². The highest BCUT2D eigenvalue weighted by atomic mass is 79.9. The van der Waals surface area contributed by atoms with E-state index in [2.05, 4.69) is 15.9 Å². The van der Waals surface area contributed by atoms with Crippen LogP contribution in [0.2, 0.25) is 0 Å². The molecule has 1 aliphatic rings. The van der Waals surface area contributed by atoms with Gasteiger partial charge in [-0.3, -0.25) is 4.79 Å². The summed E-state index contributed by atoms with van der Waals surface area (Å²) in [6, 6.07) is 3.26. The molecule has 1 saturated heterocycles. The molecule has 2 nitrogen and oxygen atoms in total. The van der Waals surface area contributed by atoms with Crippen LogP contribution in [-0.2, 0) is 17.4 Å². The van der Waals surface area contributed by atoms with Crippen molar-refractivity contribution in [1.29, 1.82) is 0 Å². The molecular weight excluding hydrogens is 385 g/mol. The van der Waals surface area contributed by atoms with Crippen LogP contribution < -0.4 is 0 Å². The third kappa shape index (κ3) is 4.89. The van der Waals surface area contributed by atoms with Gasteiger partial charge in [0.1, 0.15) is 0 Å². The lowest BCUT2D eigenvalue weighted by Crippen LogP contribution is -2.42. The maximum absolute atomic E-state index is 13.0. The molecule has 0 spiro atoms. The van der Waals surface area contributed by atoms with Crippen LogP contribution >= 0.6 is 15.9 Å². The Kier molecular flexibility index (Phi) is 5.33. The Bertz CT molecular complexity index is 578. The number of alkyl halides is 5. The molecule has 0 N–H and O–H groups in total. The Morgan fingerprint density at radius 1 is 1.22 bits per heavy atom. The summed E-state index contributed by atoms with van der Waals surface area (Å²) < 4.78 is 64.1. The summed E-state index contributed by atoms with van der Waals surface area (Å²) in [5, 5.41) is 0. The Labute approximate surface area is 138 Å². The maximum atomic E-state index is 13.0. The lowest BCUT2D eigenvalue weighted by molar-refractivity contribution is -0.138. The number of hydrogen-bond donors (Lipinski definition) is 0. The first kappa shape index (κ1) is 18.2. The number of aryl methyl sites for hydroxylation is 1. The molecule has 2 rings (SSSR count). The average Bonchev–Trinajstić information content (AvgIpc) is 2.44. The summed E-state index contributed by atoms with van der Waals surface area (Å²) >= 11 is 3.08. The summed E-state index contributed by atoms with van der Waals surface area (Å²) in [5.41, 5.74) is -0.189. The van der Waals surface area contributed by atoms with E-state index in [4.69, 9.17) is 0 Å². The topological polar surface area (TPSA) is 20.3 Å². The van der Waals surface area contributed by atoms with Crippen molar-refractivity contribution in [2.24, 2.45) is 0 Å². The van der Waals surface area contributed by atoms with Gasteiger partial charge in [0.05, 0.1) is 5.56 Å². The van der Waals surface area contributed by atoms with Crippen LogP contribution in [0.5, 0.6) is 0 Å². The highest BCUT2D eigenvalue weighted by molar-refractivity contribution is 9.10. The summed E-state index contributed by atoms with van der Waals surface area (Å²) in [7, 11) is 0. The van der Waals surface area contributed by atoms with Crippen molar-refractivity contribution >= 4 is 21.8 Å². The molecule has 1 heterocycles. The summed E-state index contributed by atoms with van der Waals surface area (Å²) in [6.45, 7) is 0.0278. The number of benzene rings is 1. The SMILES string of the molecule is O=C(CCc1ccc(C(F)(F)F)cc1Br)N1CCC(F)(F)CC1. The van der Waals surface area contributed by atoms with E-state index >= 15 is 0 Å². The van der Waals surface area contributed by atoms with E-state index < -0.39 is 17.7 Å². The van der Waals surface area contributed by atoms with Gasteiger partial charge in [0.15, 0.2) is 0 Å². The predicted octanol–water partition coefficient (Wildman–Crippen LogP) is 4.66. The van der Waals surface area contributed by atoms with Crippen LogP contribution in [0.4, 0.5) is 22.0 Å². The van der Waals surface area contributed by atoms with Crippen LogP contribution in [-0.4, -0.2) is 29.8 Å². The minimum absolute atomic E-state index is 0.0139. The van der Waals surface area contributed by atoms with E-state index in [1.165, 1.54) is 11.0 Å². The average molecular weight is 400 g/mol. The van der Waals surface area contributed by atoms with E-state index in [0.717, 1.165) is 12.1 Å². The number of carbonyl (C=O) groups is 1. The molecule has 1 amide bonds. The fourth-order valence-electron chi connectivity index (χ4n) is 2.41. The molecule has 128 valence electrons. The monoisotopic (exact) mass is 399 g/mol. The molecular formula is C15H15BrF5NO. The zero-order valence-corrected chi connectivity index (χ0v) is 13.7. The first-order valence-electron chi connectivity index (χ1n) is 7.10. The number of hydrogen-bond acceptors (Lipinski definition) is 1. The molecule has 8 heteroatoms. The van der Waals surface area contributed by atoms with Crippen molar-refractivity contribution in [3.8, 4) is 0 Å². The van der Waals surface area contributed by atoms with Gasteiger partial charge in [-0.05, 0) is 24.1 Å². The van der Waals surface area contributed by atoms with Gasteiger partial charge in [-0.1, -0.05) is 22.0 Å². The Balaban J connectivity index is 1.92. The van der Waals surface area contributed by atoms with E-state index in [9.17, 15) is 26.7 Å². The lowest BCUT2D eigenvalue weighted by atomic mass is 10.0. The molecule has 0 unspecified atom stereocenters. The van der Waals surface area contributed by atoms with E-state index in [0.29, 0.717) is 5.56 Å². The van der Waals surface area contributed by atoms with E-state index in [-0.39, 0.29) is 49.2 Å². The van der Waals surface area contributed by atoms with Crippen LogP contribution in [0.1, 0.15) is 30.4 Å². The van der Waals surface area contributed by atoms with Crippen molar-refractivity contribution in [2.75, 3.05) is 13.1 Å². The minimum Gasteiger partial charge on any atom is -0.342 e. The largest absolute Gasteiger partial charge is 0.416 e. The number of nitrogens with zero attached hydrogens (tertiary/aromatic N) is 1. The highest BCUT2D eigenvalue weighted by Gasteiger charge is 2.35. The Hall–Kier alpha value is -1.18. The summed E-state index contributed by atoms with van der Waals surface area (Å²) in [5.74, 6) is -2.97. The van der Waals surface area contributed by atoms with Crippen molar-refractivity contribution < 1.29 is 26.7 Å². The molecule has 23 heavy (non-hydrogen) atoms. The number of likely N-dealkylation sites (tertiary alicyclic amines) is 1. The second-order valence-electron chi connectivity index (χ2n) is 5.54. The number of amides is 1. The molecule has 1 aliphatic heterocycles. The number of piperidine rings is 1. The van der Waals surface area contributed by atoms with Gasteiger partial charge in [0, 0.05) is 36.8 Å². The van der Waals surface area contributed by atoms with Gasteiger partial charge in [-0.25, -0.2) is 8.78 Å². The third-order valence-electron chi connectivity index (χ3n) is 3.84. The first-order valence-corrected chi connectivity index (χ1v) is 7.89. The van der Waals surface area contributed by atoms with Crippen LogP contribution in [0, 0.1) is 0 Å². The molecule has 0 atom stereocenters. The van der Waals surface area contributed by atoms with Gasteiger partial charge in [-0.2, -0.15) is 13.2 Å². The second kappa shape index (κ2) is 6.75. The molecule has 1 fully saturated rings. The van der Waals surface area contributed by atoms with Crippen molar-refractivity contribution in [3.05, 3.63) is 33.8 Å². The fourth-order valence-corrected chi connectivity index (χ4v) is 2.99. The third-order valence-corrected chi connectivity index (χ3v) is 4.57. The standard InChI is InChI=1S/C15H15BrF5NO/c16-12-9-11(15(19,20)21)3-1-10(12)2-4-13(23)22-7-5-14(17,18)6-8-22/h1,3,9H,2,4-8H2. The van der Waals surface area contributed by atoms with Gasteiger partial charge in [0.25, 0.3) is 5.92 Å². The van der Waals surface area contributed by atoms with Crippen molar-refractivity contribution in [2.45, 2.75) is 37.8 Å². The lowest BCUT2D eigenvalue weighted by Gasteiger charge is -2.31. The van der Waals surface area contributed by atoms with Gasteiger partial charge in [0.2, 0.25) is 5.91 Å². The quantitative estimate of drug-likeness (QED) is 0.677. The van der Waals surface area contributed by atoms with Gasteiger partial charge in [-0.15, -0.1) is 0 Å². The number of carbonyl (C=O) groups excluding carboxylic acids is 1. The highest BCUT2D eigenvalue weighted by Crippen LogP contribution is 2.33. The van der Waals surface area contributed by atoms with Crippen molar-refractivity contribution in [3.63, 3.8) is 0 Å². The van der Waals surface area contributed by atoms with Gasteiger partial charge < -0.3 is 4.90 Å². The maximum Gasteiger partial charge on any atom is 0.416 e. The number of rotatable bonds is 3. The normalized spacial score (nSPS) is 18.1. The fraction of sp³-hybridized carbons (Fsp3) is 0.533. The predicted molar refractivity (Wildman–Crippen MR) is 78.2 cm³/mol. The molecule has 1 aromatic carbocycles. The van der Waals surface area contributed by atoms with E-state index in [1.54, 1.807) is 0 Å². The van der Waals surface area contributed by atoms with Crippen molar-refractivity contribution in [1.82, 2.24) is 4.90 Å². The van der Waals surface area contributed by atoms with Crippen LogP contribution in [0.3, 0.4) is 0 Å². The smallest absolute Gasteiger partial charge is 0.342 e. The summed E-state index contributed by atoms with van der Waals surface area (Å²) in [4.78, 5) is 13.4. The first-order chi connectivity index (χ1) is 10.6. The Morgan fingerprint density at radius 2 is 1.83 bits per heavy atom. The molecule has 0 bridgehead atoms. The molecule has 0 aliphatic carbocycles. The zero-order valence-electron chi connectivity index (χ0n) is 12.1. The van der Waals surface area contributed by atoms with Crippen LogP contribution in [0.25, 0.3) is 0 Å². The molecule has 1 aromatic rings. The van der Waals surface area contributed by atoms with Gasteiger partial charge >= 0.3 is 6.18 Å². The zero-order chi connectivity index (χ0) is 17.3. The molecule has 0 radical (unpaired) electrons. The summed E-state index contributed by atoms with van der Waals surface area (Å²) in [6.07, 6.45) is -4.78. The minimum atomic E-state index is -4.42.